The first-order valence-corrected chi connectivity index (χ1v) is 9.01. The van der Waals surface area contributed by atoms with Crippen LogP contribution in [0.1, 0.15) is 25.3 Å². The molecule has 4 nitrogen and oxygen atoms in total. The summed E-state index contributed by atoms with van der Waals surface area (Å²) in [6.45, 7) is 1.68. The van der Waals surface area contributed by atoms with Crippen LogP contribution in [-0.2, 0) is 10.2 Å². The van der Waals surface area contributed by atoms with Crippen molar-refractivity contribution in [3.05, 3.63) is 64.1 Å². The molecule has 1 N–H and O–H groups in total. The maximum atomic E-state index is 12.9. The Balaban J connectivity index is 1.69. The molecule has 1 unspecified atom stereocenters. The second-order valence-corrected chi connectivity index (χ2v) is 7.61. The van der Waals surface area contributed by atoms with Gasteiger partial charge in [0.1, 0.15) is 12.4 Å². The van der Waals surface area contributed by atoms with Gasteiger partial charge in [0.15, 0.2) is 5.54 Å². The van der Waals surface area contributed by atoms with Gasteiger partial charge in [-0.15, -0.1) is 0 Å². The Morgan fingerprint density at radius 3 is 2.50 bits per heavy atom. The molecule has 0 heterocycles. The molecular formula is C20H18Cl2N2O2. The van der Waals surface area contributed by atoms with E-state index >= 15 is 0 Å². The monoisotopic (exact) mass is 388 g/mol. The summed E-state index contributed by atoms with van der Waals surface area (Å²) in [5.74, 6) is 0.407. The highest BCUT2D eigenvalue weighted by Crippen LogP contribution is 2.49. The van der Waals surface area contributed by atoms with Crippen LogP contribution in [0.15, 0.2) is 48.5 Å². The molecule has 3 rings (SSSR count). The molecule has 2 aromatic carbocycles. The van der Waals surface area contributed by atoms with E-state index in [0.717, 1.165) is 18.4 Å². The highest BCUT2D eigenvalue weighted by atomic mass is 35.5. The number of rotatable bonds is 6. The van der Waals surface area contributed by atoms with Gasteiger partial charge in [0.2, 0.25) is 5.91 Å². The predicted octanol–water partition coefficient (Wildman–Crippen LogP) is 4.50. The summed E-state index contributed by atoms with van der Waals surface area (Å²) < 4.78 is 5.66. The number of nitrogens with one attached hydrogen (secondary N) is 1. The number of nitriles is 1. The quantitative estimate of drug-likeness (QED) is 0.791. The number of halogens is 2. The first-order chi connectivity index (χ1) is 12.4. The Morgan fingerprint density at radius 1 is 1.23 bits per heavy atom. The van der Waals surface area contributed by atoms with Gasteiger partial charge >= 0.3 is 0 Å². The molecule has 2 aromatic rings. The van der Waals surface area contributed by atoms with Crippen LogP contribution in [0, 0.1) is 11.3 Å². The van der Waals surface area contributed by atoms with Gasteiger partial charge in [-0.2, -0.15) is 5.26 Å². The van der Waals surface area contributed by atoms with E-state index in [1.807, 2.05) is 18.2 Å². The molecule has 1 saturated carbocycles. The van der Waals surface area contributed by atoms with E-state index in [9.17, 15) is 10.1 Å². The van der Waals surface area contributed by atoms with Crippen molar-refractivity contribution in [1.29, 1.82) is 5.26 Å². The minimum atomic E-state index is -1.15. The molecule has 0 bridgehead atoms. The maximum Gasteiger partial charge on any atom is 0.231 e. The molecule has 0 aliphatic heterocycles. The first kappa shape index (κ1) is 18.6. The second-order valence-electron chi connectivity index (χ2n) is 6.73. The van der Waals surface area contributed by atoms with Crippen molar-refractivity contribution in [3.63, 3.8) is 0 Å². The topological polar surface area (TPSA) is 62.1 Å². The van der Waals surface area contributed by atoms with Crippen LogP contribution >= 0.6 is 23.2 Å². The molecule has 0 aromatic heterocycles. The molecule has 1 fully saturated rings. The average Bonchev–Trinajstić information content (AvgIpc) is 3.43. The third-order valence-electron chi connectivity index (χ3n) is 4.54. The highest BCUT2D eigenvalue weighted by Gasteiger charge is 2.52. The van der Waals surface area contributed by atoms with Gasteiger partial charge in [0.05, 0.1) is 11.5 Å². The lowest BCUT2D eigenvalue weighted by molar-refractivity contribution is -0.125. The summed E-state index contributed by atoms with van der Waals surface area (Å²) in [7, 11) is 0. The van der Waals surface area contributed by atoms with Crippen LogP contribution in [0.5, 0.6) is 5.75 Å². The van der Waals surface area contributed by atoms with Crippen LogP contribution in [0.4, 0.5) is 0 Å². The molecule has 26 heavy (non-hydrogen) atoms. The Bertz CT molecular complexity index is 857. The third kappa shape index (κ3) is 3.95. The molecule has 1 aliphatic carbocycles. The third-order valence-corrected chi connectivity index (χ3v) is 5.03. The molecule has 0 spiro atoms. The van der Waals surface area contributed by atoms with Gasteiger partial charge in [0, 0.05) is 10.0 Å². The molecule has 1 amide bonds. The minimum absolute atomic E-state index is 0.0303. The summed E-state index contributed by atoms with van der Waals surface area (Å²) in [5, 5.41) is 13.6. The fourth-order valence-electron chi connectivity index (χ4n) is 2.78. The average molecular weight is 389 g/mol. The van der Waals surface area contributed by atoms with Crippen molar-refractivity contribution in [2.45, 2.75) is 30.7 Å². The van der Waals surface area contributed by atoms with E-state index in [1.54, 1.807) is 37.3 Å². The number of amides is 1. The fourth-order valence-corrected chi connectivity index (χ4v) is 3.10. The number of hydrogen-bond acceptors (Lipinski definition) is 3. The van der Waals surface area contributed by atoms with E-state index in [0.29, 0.717) is 15.8 Å². The normalized spacial score (nSPS) is 16.8. The maximum absolute atomic E-state index is 12.9. The number of hydrogen-bond donors (Lipinski definition) is 1. The molecular weight excluding hydrogens is 371 g/mol. The van der Waals surface area contributed by atoms with E-state index in [-0.39, 0.29) is 12.5 Å². The Hall–Kier alpha value is -2.22. The van der Waals surface area contributed by atoms with Crippen LogP contribution in [0.25, 0.3) is 0 Å². The SMILES string of the molecule is CC(C#N)(COc1ccc(Cl)cc1)NC(=O)C1(c2cccc(Cl)c2)CC1. The smallest absolute Gasteiger partial charge is 0.231 e. The Morgan fingerprint density at radius 2 is 1.92 bits per heavy atom. The fraction of sp³-hybridized carbons (Fsp3) is 0.300. The van der Waals surface area contributed by atoms with E-state index in [1.165, 1.54) is 0 Å². The summed E-state index contributed by atoms with van der Waals surface area (Å²) in [4.78, 5) is 12.9. The van der Waals surface area contributed by atoms with Gasteiger partial charge < -0.3 is 10.1 Å². The van der Waals surface area contributed by atoms with Crippen molar-refractivity contribution in [1.82, 2.24) is 5.32 Å². The second kappa shape index (κ2) is 7.19. The molecule has 1 atom stereocenters. The Labute approximate surface area is 162 Å². The predicted molar refractivity (Wildman–Crippen MR) is 101 cm³/mol. The minimum Gasteiger partial charge on any atom is -0.490 e. The van der Waals surface area contributed by atoms with Crippen molar-refractivity contribution >= 4 is 29.1 Å². The van der Waals surface area contributed by atoms with Crippen molar-refractivity contribution in [3.8, 4) is 11.8 Å². The van der Waals surface area contributed by atoms with Gasteiger partial charge in [-0.3, -0.25) is 4.79 Å². The number of carbonyl (C=O) groups is 1. The lowest BCUT2D eigenvalue weighted by atomic mass is 9.93. The van der Waals surface area contributed by atoms with Gasteiger partial charge in [-0.05, 0) is 61.7 Å². The lowest BCUT2D eigenvalue weighted by Crippen LogP contribution is -2.52. The van der Waals surface area contributed by atoms with E-state index < -0.39 is 11.0 Å². The van der Waals surface area contributed by atoms with E-state index in [4.69, 9.17) is 27.9 Å². The van der Waals surface area contributed by atoms with Gasteiger partial charge in [-0.1, -0.05) is 35.3 Å². The lowest BCUT2D eigenvalue weighted by Gasteiger charge is -2.26. The number of carbonyl (C=O) groups excluding carboxylic acids is 1. The zero-order valence-corrected chi connectivity index (χ0v) is 15.8. The summed E-state index contributed by atoms with van der Waals surface area (Å²) in [6.07, 6.45) is 1.47. The van der Waals surface area contributed by atoms with Crippen molar-refractivity contribution in [2.75, 3.05) is 6.61 Å². The molecule has 6 heteroatoms. The van der Waals surface area contributed by atoms with Gasteiger partial charge in [-0.25, -0.2) is 0 Å². The molecule has 0 radical (unpaired) electrons. The van der Waals surface area contributed by atoms with Gasteiger partial charge in [0.25, 0.3) is 0 Å². The number of ether oxygens (including phenoxy) is 1. The summed E-state index contributed by atoms with van der Waals surface area (Å²) >= 11 is 11.9. The van der Waals surface area contributed by atoms with Crippen LogP contribution in [0.3, 0.4) is 0 Å². The standard InChI is InChI=1S/C20H18Cl2N2O2/c1-19(12-23,13-26-17-7-5-15(21)6-8-17)24-18(25)20(9-10-20)14-3-2-4-16(22)11-14/h2-8,11H,9-10,13H2,1H3,(H,24,25). The van der Waals surface area contributed by atoms with Crippen LogP contribution in [-0.4, -0.2) is 18.1 Å². The number of benzene rings is 2. The molecule has 134 valence electrons. The van der Waals surface area contributed by atoms with Crippen LogP contribution < -0.4 is 10.1 Å². The first-order valence-electron chi connectivity index (χ1n) is 8.25. The van der Waals surface area contributed by atoms with Crippen LogP contribution in [0.2, 0.25) is 10.0 Å². The zero-order chi connectivity index (χ0) is 18.8. The van der Waals surface area contributed by atoms with E-state index in [2.05, 4.69) is 11.4 Å². The highest BCUT2D eigenvalue weighted by molar-refractivity contribution is 6.30. The van der Waals surface area contributed by atoms with Crippen molar-refractivity contribution in [2.24, 2.45) is 0 Å². The largest absolute Gasteiger partial charge is 0.490 e. The zero-order valence-electron chi connectivity index (χ0n) is 14.3. The molecule has 1 aliphatic rings. The summed E-state index contributed by atoms with van der Waals surface area (Å²) in [5.41, 5.74) is -0.879. The van der Waals surface area contributed by atoms with Crippen molar-refractivity contribution < 1.29 is 9.53 Å². The Kier molecular flexibility index (Phi) is 5.13. The number of nitrogens with zero attached hydrogens (tertiary/aromatic N) is 1. The molecule has 0 saturated heterocycles. The summed E-state index contributed by atoms with van der Waals surface area (Å²) in [6, 6.07) is 16.3.